The summed E-state index contributed by atoms with van der Waals surface area (Å²) in [6.45, 7) is 0. The Morgan fingerprint density at radius 3 is 1.66 bits per heavy atom. The van der Waals surface area contributed by atoms with Gasteiger partial charge in [0.25, 0.3) is 0 Å². The molecule has 4 heteroatoms. The van der Waals surface area contributed by atoms with Crippen LogP contribution in [0.1, 0.15) is 0 Å². The van der Waals surface area contributed by atoms with Gasteiger partial charge in [-0.15, -0.1) is 11.3 Å². The Morgan fingerprint density at radius 1 is 0.400 bits per heavy atom. The van der Waals surface area contributed by atoms with Gasteiger partial charge in [0.1, 0.15) is 6.33 Å². The maximum atomic E-state index is 4.79. The lowest BCUT2D eigenvalue weighted by Crippen LogP contribution is -1.94. The van der Waals surface area contributed by atoms with Crippen LogP contribution < -0.4 is 0 Å². The Balaban J connectivity index is 1.13. The van der Waals surface area contributed by atoms with Crippen molar-refractivity contribution in [3.63, 3.8) is 0 Å². The van der Waals surface area contributed by atoms with Crippen LogP contribution in [0.25, 0.3) is 92.4 Å². The number of thiophene rings is 1. The first-order valence-corrected chi connectivity index (χ1v) is 17.6. The van der Waals surface area contributed by atoms with Crippen molar-refractivity contribution >= 4 is 53.4 Å². The molecule has 0 fully saturated rings. The number of hydrogen-bond acceptors (Lipinski definition) is 3. The van der Waals surface area contributed by atoms with E-state index in [2.05, 4.69) is 179 Å². The number of nitrogens with zero attached hydrogens (tertiary/aromatic N) is 3. The van der Waals surface area contributed by atoms with Gasteiger partial charge in [0, 0.05) is 32.1 Å². The highest BCUT2D eigenvalue weighted by atomic mass is 32.1. The second kappa shape index (κ2) is 11.7. The minimum Gasteiger partial charge on any atom is -0.309 e. The summed E-state index contributed by atoms with van der Waals surface area (Å²) < 4.78 is 4.76. The summed E-state index contributed by atoms with van der Waals surface area (Å²) in [7, 11) is 0. The lowest BCUT2D eigenvalue weighted by atomic mass is 10.0. The standard InChI is InChI=1S/C46H29N3S/c1-3-11-30(12-4-1)34-21-23-41-39(27-34)40-28-35(31-13-5-2-6-14-31)22-24-42(40)49(41)37-18-10-16-33(26-37)32-15-9-17-36(25-32)44-46-45(48-29-47-44)38-19-7-8-20-43(38)50-46/h1-29H. The molecule has 234 valence electrons. The highest BCUT2D eigenvalue weighted by Gasteiger charge is 2.17. The molecular weight excluding hydrogens is 627 g/mol. The van der Waals surface area contributed by atoms with E-state index in [0.717, 1.165) is 38.3 Å². The third-order valence-electron chi connectivity index (χ3n) is 9.71. The SMILES string of the molecule is c1ccc(-c2ccc3c(c2)c2cc(-c4ccccc4)ccc2n3-c2cccc(-c3cccc(-c4ncnc5c4sc4ccccc45)c3)c2)cc1. The van der Waals surface area contributed by atoms with Crippen LogP contribution in [0.5, 0.6) is 0 Å². The minimum atomic E-state index is 0.972. The lowest BCUT2D eigenvalue weighted by molar-refractivity contribution is 1.18. The molecule has 0 bridgehead atoms. The van der Waals surface area contributed by atoms with Gasteiger partial charge in [-0.3, -0.25) is 0 Å². The largest absolute Gasteiger partial charge is 0.309 e. The second-order valence-corrected chi connectivity index (χ2v) is 13.7. The fourth-order valence-electron chi connectivity index (χ4n) is 7.32. The second-order valence-electron chi connectivity index (χ2n) is 12.7. The zero-order valence-electron chi connectivity index (χ0n) is 27.0. The number of rotatable bonds is 5. The van der Waals surface area contributed by atoms with E-state index in [1.807, 2.05) is 0 Å². The molecule has 0 radical (unpaired) electrons. The maximum absolute atomic E-state index is 4.79. The molecule has 0 saturated carbocycles. The molecule has 0 spiro atoms. The Morgan fingerprint density at radius 2 is 0.960 bits per heavy atom. The van der Waals surface area contributed by atoms with Crippen LogP contribution in [-0.4, -0.2) is 14.5 Å². The molecule has 7 aromatic carbocycles. The highest BCUT2D eigenvalue weighted by Crippen LogP contribution is 2.40. The van der Waals surface area contributed by atoms with E-state index >= 15 is 0 Å². The van der Waals surface area contributed by atoms with E-state index < -0.39 is 0 Å². The van der Waals surface area contributed by atoms with Crippen molar-refractivity contribution in [3.05, 3.63) is 176 Å². The van der Waals surface area contributed by atoms with E-state index in [9.17, 15) is 0 Å². The van der Waals surface area contributed by atoms with Gasteiger partial charge >= 0.3 is 0 Å². The maximum Gasteiger partial charge on any atom is 0.116 e. The number of hydrogen-bond donors (Lipinski definition) is 0. The predicted octanol–water partition coefficient (Wildman–Crippen LogP) is 12.6. The number of benzene rings is 7. The summed E-state index contributed by atoms with van der Waals surface area (Å²) in [5.74, 6) is 0. The quantitative estimate of drug-likeness (QED) is 0.185. The molecule has 0 amide bonds. The molecular formula is C46H29N3S. The van der Waals surface area contributed by atoms with Crippen molar-refractivity contribution in [3.8, 4) is 50.3 Å². The normalized spacial score (nSPS) is 11.6. The van der Waals surface area contributed by atoms with E-state index in [0.29, 0.717) is 0 Å². The fourth-order valence-corrected chi connectivity index (χ4v) is 8.49. The Kier molecular flexibility index (Phi) is 6.68. The fraction of sp³-hybridized carbons (Fsp3) is 0. The molecule has 0 aliphatic rings. The average Bonchev–Trinajstić information content (AvgIpc) is 3.74. The summed E-state index contributed by atoms with van der Waals surface area (Å²) >= 11 is 1.76. The Hall–Kier alpha value is -6.36. The molecule has 3 heterocycles. The number of aromatic nitrogens is 3. The van der Waals surface area contributed by atoms with Gasteiger partial charge in [-0.2, -0.15) is 0 Å². The number of fused-ring (bicyclic) bond motifs is 6. The summed E-state index contributed by atoms with van der Waals surface area (Å²) in [5.41, 5.74) is 13.7. The van der Waals surface area contributed by atoms with Gasteiger partial charge in [0.05, 0.1) is 26.9 Å². The first-order chi connectivity index (χ1) is 24.8. The molecule has 0 atom stereocenters. The van der Waals surface area contributed by atoms with Gasteiger partial charge in [0.2, 0.25) is 0 Å². The molecule has 10 rings (SSSR count). The first kappa shape index (κ1) is 28.6. The van der Waals surface area contributed by atoms with E-state index in [1.54, 1.807) is 17.7 Å². The predicted molar refractivity (Wildman–Crippen MR) is 211 cm³/mol. The van der Waals surface area contributed by atoms with Crippen LogP contribution in [0.15, 0.2) is 176 Å². The molecule has 0 N–H and O–H groups in total. The van der Waals surface area contributed by atoms with Crippen molar-refractivity contribution < 1.29 is 0 Å². The summed E-state index contributed by atoms with van der Waals surface area (Å²) in [5, 5.41) is 3.66. The van der Waals surface area contributed by atoms with Crippen LogP contribution in [0.2, 0.25) is 0 Å². The average molecular weight is 656 g/mol. The van der Waals surface area contributed by atoms with Crippen molar-refractivity contribution in [2.45, 2.75) is 0 Å². The molecule has 50 heavy (non-hydrogen) atoms. The van der Waals surface area contributed by atoms with Gasteiger partial charge in [0.15, 0.2) is 0 Å². The smallest absolute Gasteiger partial charge is 0.116 e. The van der Waals surface area contributed by atoms with Crippen molar-refractivity contribution in [2.75, 3.05) is 0 Å². The highest BCUT2D eigenvalue weighted by molar-refractivity contribution is 7.26. The Bertz CT molecular complexity index is 2770. The van der Waals surface area contributed by atoms with E-state index in [4.69, 9.17) is 4.98 Å². The molecule has 0 unspecified atom stereocenters. The van der Waals surface area contributed by atoms with Crippen molar-refractivity contribution in [2.24, 2.45) is 0 Å². The molecule has 3 aromatic heterocycles. The van der Waals surface area contributed by atoms with Crippen molar-refractivity contribution in [1.29, 1.82) is 0 Å². The summed E-state index contributed by atoms with van der Waals surface area (Å²) in [6, 6.07) is 61.1. The summed E-state index contributed by atoms with van der Waals surface area (Å²) in [6.07, 6.45) is 1.69. The molecule has 0 saturated heterocycles. The monoisotopic (exact) mass is 655 g/mol. The van der Waals surface area contributed by atoms with Crippen molar-refractivity contribution in [1.82, 2.24) is 14.5 Å². The molecule has 10 aromatic rings. The topological polar surface area (TPSA) is 30.7 Å². The van der Waals surface area contributed by atoms with E-state index in [1.165, 1.54) is 54.1 Å². The van der Waals surface area contributed by atoms with Crippen LogP contribution in [0.3, 0.4) is 0 Å². The first-order valence-electron chi connectivity index (χ1n) is 16.8. The van der Waals surface area contributed by atoms with Crippen LogP contribution in [-0.2, 0) is 0 Å². The van der Waals surface area contributed by atoms with E-state index in [-0.39, 0.29) is 0 Å². The lowest BCUT2D eigenvalue weighted by Gasteiger charge is -2.12. The zero-order valence-corrected chi connectivity index (χ0v) is 27.8. The van der Waals surface area contributed by atoms with Crippen LogP contribution >= 0.6 is 11.3 Å². The third-order valence-corrected chi connectivity index (χ3v) is 10.9. The summed E-state index contributed by atoms with van der Waals surface area (Å²) in [4.78, 5) is 9.45. The Labute approximate surface area is 293 Å². The molecule has 3 nitrogen and oxygen atoms in total. The minimum absolute atomic E-state index is 0.972. The van der Waals surface area contributed by atoms with Gasteiger partial charge in [-0.1, -0.05) is 121 Å². The zero-order chi connectivity index (χ0) is 33.0. The third kappa shape index (κ3) is 4.73. The molecule has 0 aliphatic carbocycles. The van der Waals surface area contributed by atoms with Gasteiger partial charge in [-0.05, 0) is 81.9 Å². The molecule has 0 aliphatic heterocycles. The van der Waals surface area contributed by atoms with Gasteiger partial charge < -0.3 is 4.57 Å². The van der Waals surface area contributed by atoms with Crippen LogP contribution in [0, 0.1) is 0 Å². The van der Waals surface area contributed by atoms with Crippen LogP contribution in [0.4, 0.5) is 0 Å². The van der Waals surface area contributed by atoms with Gasteiger partial charge in [-0.25, -0.2) is 9.97 Å².